The van der Waals surface area contributed by atoms with Crippen molar-refractivity contribution in [3.8, 4) is 5.75 Å². The minimum absolute atomic E-state index is 0.137. The number of rotatable bonds is 9. The Labute approximate surface area is 182 Å². The molecule has 0 saturated carbocycles. The maximum Gasteiger partial charge on any atom is 0.246 e. The van der Waals surface area contributed by atoms with Gasteiger partial charge in [0.15, 0.2) is 0 Å². The van der Waals surface area contributed by atoms with Crippen molar-refractivity contribution in [2.75, 3.05) is 13.7 Å². The normalized spacial score (nSPS) is 18.1. The number of halogens is 1. The third kappa shape index (κ3) is 5.86. The highest BCUT2D eigenvalue weighted by Gasteiger charge is 2.38. The molecule has 3 N–H and O–H groups in total. The van der Waals surface area contributed by atoms with Crippen LogP contribution in [-0.2, 0) is 20.9 Å². The number of methoxy groups -OCH3 is 1. The van der Waals surface area contributed by atoms with E-state index < -0.39 is 18.1 Å². The van der Waals surface area contributed by atoms with Crippen molar-refractivity contribution in [3.63, 3.8) is 0 Å². The van der Waals surface area contributed by atoms with E-state index in [1.807, 2.05) is 38.1 Å². The molecule has 30 heavy (non-hydrogen) atoms. The van der Waals surface area contributed by atoms with Gasteiger partial charge in [0.25, 0.3) is 0 Å². The molecule has 3 amide bonds. The molecule has 0 aromatic heterocycles. The number of nitrogens with one attached hydrogen (secondary N) is 3. The van der Waals surface area contributed by atoms with E-state index in [0.29, 0.717) is 25.3 Å². The van der Waals surface area contributed by atoms with Gasteiger partial charge < -0.3 is 20.3 Å². The fourth-order valence-electron chi connectivity index (χ4n) is 3.47. The maximum absolute atomic E-state index is 13.2. The van der Waals surface area contributed by atoms with Gasteiger partial charge in [-0.05, 0) is 43.5 Å². The van der Waals surface area contributed by atoms with E-state index in [2.05, 4.69) is 15.5 Å². The quantitative estimate of drug-likeness (QED) is 0.508. The number of carbonyl (C=O) groups excluding carboxylic acids is 3. The maximum atomic E-state index is 13.2. The Morgan fingerprint density at radius 1 is 1.23 bits per heavy atom. The van der Waals surface area contributed by atoms with Crippen molar-refractivity contribution in [2.45, 2.75) is 58.3 Å². The fourth-order valence-corrected chi connectivity index (χ4v) is 3.57. The molecule has 1 fully saturated rings. The molecule has 0 bridgehead atoms. The Balaban J connectivity index is 2.05. The van der Waals surface area contributed by atoms with Gasteiger partial charge >= 0.3 is 0 Å². The number of hydrogen-bond donors (Lipinski definition) is 3. The summed E-state index contributed by atoms with van der Waals surface area (Å²) in [6.07, 6.45) is 1.32. The van der Waals surface area contributed by atoms with Crippen molar-refractivity contribution in [1.82, 2.24) is 20.4 Å². The number of amides is 3. The highest BCUT2D eigenvalue weighted by Crippen LogP contribution is 2.22. The Hall–Kier alpha value is -2.32. The summed E-state index contributed by atoms with van der Waals surface area (Å²) >= 11 is 5.52. The van der Waals surface area contributed by atoms with Crippen LogP contribution in [0.15, 0.2) is 24.3 Å². The standard InChI is InChI=1S/C21H31ClN4O4/c1-13(2)18(24-19(27)14(3)25-22)21(29)26-11-7-9-16(26)20(28)23-12-15-8-5-6-10-17(15)30-4/h5-6,8,10,13-14,16,18,25H,7,9,11-12H2,1-4H3,(H,23,28)(H,24,27). The van der Waals surface area contributed by atoms with Gasteiger partial charge in [-0.2, -0.15) is 0 Å². The molecule has 1 aromatic carbocycles. The molecule has 0 radical (unpaired) electrons. The van der Waals surface area contributed by atoms with Crippen LogP contribution in [0, 0.1) is 5.92 Å². The number of carbonyl (C=O) groups is 3. The summed E-state index contributed by atoms with van der Waals surface area (Å²) in [6, 6.07) is 5.53. The Kier molecular flexibility index (Phi) is 8.92. The molecule has 1 aromatic rings. The summed E-state index contributed by atoms with van der Waals surface area (Å²) in [6.45, 7) is 6.11. The van der Waals surface area contributed by atoms with Gasteiger partial charge in [0, 0.05) is 18.7 Å². The van der Waals surface area contributed by atoms with Crippen molar-refractivity contribution >= 4 is 29.5 Å². The predicted octanol–water partition coefficient (Wildman–Crippen LogP) is 1.58. The number of nitrogens with zero attached hydrogens (tertiary/aromatic N) is 1. The third-order valence-corrected chi connectivity index (χ3v) is 5.60. The minimum atomic E-state index is -0.729. The van der Waals surface area contributed by atoms with Crippen LogP contribution >= 0.6 is 11.8 Å². The first-order valence-corrected chi connectivity index (χ1v) is 10.5. The molecule has 166 valence electrons. The van der Waals surface area contributed by atoms with E-state index in [1.165, 1.54) is 0 Å². The van der Waals surface area contributed by atoms with Crippen molar-refractivity contribution in [3.05, 3.63) is 29.8 Å². The van der Waals surface area contributed by atoms with Gasteiger partial charge in [0.2, 0.25) is 17.7 Å². The molecule has 1 heterocycles. The third-order valence-electron chi connectivity index (χ3n) is 5.27. The second-order valence-corrected chi connectivity index (χ2v) is 8.00. The Morgan fingerprint density at radius 3 is 2.57 bits per heavy atom. The molecule has 9 heteroatoms. The van der Waals surface area contributed by atoms with Crippen molar-refractivity contribution in [2.24, 2.45) is 5.92 Å². The highest BCUT2D eigenvalue weighted by molar-refractivity contribution is 6.15. The molecule has 1 saturated heterocycles. The molecule has 0 aliphatic carbocycles. The molecule has 3 unspecified atom stereocenters. The summed E-state index contributed by atoms with van der Waals surface area (Å²) < 4.78 is 5.32. The first-order chi connectivity index (χ1) is 14.3. The monoisotopic (exact) mass is 438 g/mol. The number of hydrogen-bond acceptors (Lipinski definition) is 5. The number of para-hydroxylation sites is 1. The largest absolute Gasteiger partial charge is 0.496 e. The van der Waals surface area contributed by atoms with Gasteiger partial charge in [-0.25, -0.2) is 4.84 Å². The van der Waals surface area contributed by atoms with Crippen LogP contribution in [0.25, 0.3) is 0 Å². The molecule has 2 rings (SSSR count). The summed E-state index contributed by atoms with van der Waals surface area (Å²) in [5, 5.41) is 5.66. The van der Waals surface area contributed by atoms with E-state index in [4.69, 9.17) is 16.5 Å². The van der Waals surface area contributed by atoms with Gasteiger partial charge in [-0.3, -0.25) is 14.4 Å². The zero-order chi connectivity index (χ0) is 22.3. The lowest BCUT2D eigenvalue weighted by Gasteiger charge is -2.31. The van der Waals surface area contributed by atoms with Crippen LogP contribution < -0.4 is 20.2 Å². The van der Waals surface area contributed by atoms with Gasteiger partial charge in [-0.1, -0.05) is 32.0 Å². The summed E-state index contributed by atoms with van der Waals surface area (Å²) in [5.41, 5.74) is 0.860. The van der Waals surface area contributed by atoms with Crippen LogP contribution in [0.3, 0.4) is 0 Å². The van der Waals surface area contributed by atoms with Crippen LogP contribution in [0.5, 0.6) is 5.75 Å². The van der Waals surface area contributed by atoms with E-state index >= 15 is 0 Å². The fraction of sp³-hybridized carbons (Fsp3) is 0.571. The smallest absolute Gasteiger partial charge is 0.246 e. The molecule has 0 spiro atoms. The SMILES string of the molecule is COc1ccccc1CNC(=O)C1CCCN1C(=O)C(NC(=O)C(C)NCl)C(C)C. The van der Waals surface area contributed by atoms with Crippen LogP contribution in [0.2, 0.25) is 0 Å². The second kappa shape index (κ2) is 11.2. The number of benzene rings is 1. The lowest BCUT2D eigenvalue weighted by atomic mass is 10.0. The van der Waals surface area contributed by atoms with Crippen molar-refractivity contribution in [1.29, 1.82) is 0 Å². The molecular weight excluding hydrogens is 408 g/mol. The highest BCUT2D eigenvalue weighted by atomic mass is 35.5. The van der Waals surface area contributed by atoms with Gasteiger partial charge in [-0.15, -0.1) is 0 Å². The Morgan fingerprint density at radius 2 is 1.93 bits per heavy atom. The molecule has 1 aliphatic heterocycles. The lowest BCUT2D eigenvalue weighted by molar-refractivity contribution is -0.142. The van der Waals surface area contributed by atoms with Crippen LogP contribution in [0.4, 0.5) is 0 Å². The van der Waals surface area contributed by atoms with E-state index in [0.717, 1.165) is 12.0 Å². The molecule has 8 nitrogen and oxygen atoms in total. The second-order valence-electron chi connectivity index (χ2n) is 7.78. The average Bonchev–Trinajstić information content (AvgIpc) is 3.24. The van der Waals surface area contributed by atoms with Gasteiger partial charge in [0.05, 0.1) is 13.2 Å². The van der Waals surface area contributed by atoms with E-state index in [-0.39, 0.29) is 23.6 Å². The average molecular weight is 439 g/mol. The molecule has 1 aliphatic rings. The summed E-state index contributed by atoms with van der Waals surface area (Å²) in [7, 11) is 1.58. The first kappa shape index (κ1) is 24.0. The zero-order valence-corrected chi connectivity index (χ0v) is 18.7. The molecule has 3 atom stereocenters. The van der Waals surface area contributed by atoms with Crippen LogP contribution in [-0.4, -0.2) is 54.4 Å². The van der Waals surface area contributed by atoms with E-state index in [1.54, 1.807) is 18.9 Å². The summed E-state index contributed by atoms with van der Waals surface area (Å²) in [5.74, 6) is -0.275. The van der Waals surface area contributed by atoms with E-state index in [9.17, 15) is 14.4 Å². The predicted molar refractivity (Wildman–Crippen MR) is 115 cm³/mol. The van der Waals surface area contributed by atoms with Crippen molar-refractivity contribution < 1.29 is 19.1 Å². The Bertz CT molecular complexity index is 758. The topological polar surface area (TPSA) is 99.8 Å². The zero-order valence-electron chi connectivity index (χ0n) is 17.9. The minimum Gasteiger partial charge on any atom is -0.496 e. The van der Waals surface area contributed by atoms with Gasteiger partial charge in [0.1, 0.15) is 17.8 Å². The number of ether oxygens (including phenoxy) is 1. The molecular formula is C21H31ClN4O4. The lowest BCUT2D eigenvalue weighted by Crippen LogP contribution is -2.56. The first-order valence-electron chi connectivity index (χ1n) is 10.2. The van der Waals surface area contributed by atoms with Crippen LogP contribution in [0.1, 0.15) is 39.2 Å². The summed E-state index contributed by atoms with van der Waals surface area (Å²) in [4.78, 5) is 42.2. The number of likely N-dealkylation sites (tertiary alicyclic amines) is 1.